The Labute approximate surface area is 177 Å². The van der Waals surface area contributed by atoms with Gasteiger partial charge >= 0.3 is 18.9 Å². The molecule has 2 aromatic rings. The van der Waals surface area contributed by atoms with Crippen LogP contribution in [0.4, 0.5) is 8.78 Å². The predicted octanol–water partition coefficient (Wildman–Crippen LogP) is 3.03. The van der Waals surface area contributed by atoms with Gasteiger partial charge in [-0.25, -0.2) is 8.78 Å². The van der Waals surface area contributed by atoms with E-state index in [2.05, 4.69) is 49.1 Å². The van der Waals surface area contributed by atoms with E-state index in [4.69, 9.17) is 0 Å². The van der Waals surface area contributed by atoms with Crippen molar-refractivity contribution in [1.82, 2.24) is 0 Å². The number of hydrogen-bond donors (Lipinski definition) is 0. The van der Waals surface area contributed by atoms with Crippen molar-refractivity contribution in [2.45, 2.75) is 4.90 Å². The molecule has 122 valence electrons. The van der Waals surface area contributed by atoms with Crippen LogP contribution in [0, 0.1) is 17.7 Å². The van der Waals surface area contributed by atoms with Gasteiger partial charge in [-0.2, -0.15) is 18.2 Å². The zero-order valence-corrected chi connectivity index (χ0v) is 18.8. The molecule has 0 radical (unpaired) electrons. The molecule has 0 N–H and O–H groups in total. The van der Waals surface area contributed by atoms with E-state index >= 15 is 0 Å². The molecule has 0 saturated carbocycles. The molecule has 0 amide bonds. The van der Waals surface area contributed by atoms with Crippen molar-refractivity contribution in [3.05, 3.63) is 63.0 Å². The fraction of sp³-hybridized carbons (Fsp3) is 0.200. The maximum absolute atomic E-state index is 12.9. The third-order valence-corrected chi connectivity index (χ3v) is 3.87. The summed E-state index contributed by atoms with van der Waals surface area (Å²) in [6.45, 7) is 0. The number of hydrogen-bond acceptors (Lipinski definition) is 2. The molecule has 0 aliphatic rings. The van der Waals surface area contributed by atoms with Crippen LogP contribution in [0.1, 0.15) is 0 Å². The van der Waals surface area contributed by atoms with Gasteiger partial charge in [0.05, 0.1) is 4.47 Å². The molecular weight excluding hydrogens is 481 g/mol. The average molecular weight is 496 g/mol. The van der Waals surface area contributed by atoms with Crippen molar-refractivity contribution in [3.8, 4) is 0 Å². The molecule has 23 heavy (non-hydrogen) atoms. The quantitative estimate of drug-likeness (QED) is 0.339. The molecule has 0 saturated heterocycles. The zero-order valence-electron chi connectivity index (χ0n) is 13.2. The summed E-state index contributed by atoms with van der Waals surface area (Å²) in [6, 6.07) is 12.5. The summed E-state index contributed by atoms with van der Waals surface area (Å²) >= 11 is 12.1. The van der Waals surface area contributed by atoms with Crippen LogP contribution in [0.15, 0.2) is 50.2 Å². The Morgan fingerprint density at radius 3 is 1.96 bits per heavy atom. The van der Waals surface area contributed by atoms with E-state index in [-0.39, 0.29) is 39.9 Å². The van der Waals surface area contributed by atoms with Gasteiger partial charge in [0.25, 0.3) is 0 Å². The molecule has 0 aliphatic heterocycles. The fourth-order valence-corrected chi connectivity index (χ4v) is 2.31. The van der Waals surface area contributed by atoms with Crippen molar-refractivity contribution in [3.63, 3.8) is 0 Å². The third-order valence-electron chi connectivity index (χ3n) is 1.89. The van der Waals surface area contributed by atoms with Crippen molar-refractivity contribution < 1.29 is 27.6 Å². The first-order valence-electron chi connectivity index (χ1n) is 5.84. The molecular formula is C15H15Br2F2LiS3. The molecule has 2 aromatic carbocycles. The van der Waals surface area contributed by atoms with Gasteiger partial charge in [0.15, 0.2) is 5.82 Å². The Morgan fingerprint density at radius 1 is 1.09 bits per heavy atom. The second-order valence-electron chi connectivity index (χ2n) is 3.83. The topological polar surface area (TPSA) is 0 Å². The first kappa shape index (κ1) is 26.0. The van der Waals surface area contributed by atoms with Gasteiger partial charge in [0.2, 0.25) is 0 Å². The normalized spacial score (nSPS) is 9.04. The number of rotatable bonds is 1. The van der Waals surface area contributed by atoms with Crippen molar-refractivity contribution in [1.29, 1.82) is 0 Å². The van der Waals surface area contributed by atoms with Crippen LogP contribution >= 0.6 is 43.6 Å². The van der Waals surface area contributed by atoms with E-state index in [9.17, 15) is 8.78 Å². The van der Waals surface area contributed by atoms with Gasteiger partial charge in [-0.15, -0.1) is 43.2 Å². The monoisotopic (exact) mass is 494 g/mol. The van der Waals surface area contributed by atoms with Crippen molar-refractivity contribution in [2.75, 3.05) is 18.8 Å². The Bertz CT molecular complexity index is 588. The molecule has 0 aromatic heterocycles. The minimum Gasteiger partial charge on any atom is -0.235 e. The predicted molar refractivity (Wildman–Crippen MR) is 105 cm³/mol. The smallest absolute Gasteiger partial charge is 0.235 e. The zero-order chi connectivity index (χ0) is 17.1. The van der Waals surface area contributed by atoms with Gasteiger partial charge in [-0.3, -0.25) is 0 Å². The van der Waals surface area contributed by atoms with Crippen molar-refractivity contribution >= 4 is 64.3 Å². The van der Waals surface area contributed by atoms with Crippen LogP contribution in [0.2, 0.25) is 0 Å². The van der Waals surface area contributed by atoms with Crippen LogP contribution < -0.4 is 18.9 Å². The van der Waals surface area contributed by atoms with Gasteiger partial charge in [-0.05, 0) is 46.8 Å². The first-order valence-corrected chi connectivity index (χ1v) is 11.6. The van der Waals surface area contributed by atoms with E-state index in [0.29, 0.717) is 13.8 Å². The van der Waals surface area contributed by atoms with E-state index < -0.39 is 0 Å². The summed E-state index contributed by atoms with van der Waals surface area (Å²) in [5.41, 5.74) is 0. The first-order chi connectivity index (χ1) is 10.3. The third kappa shape index (κ3) is 12.7. The summed E-state index contributed by atoms with van der Waals surface area (Å²) < 4.78 is 26.1. The van der Waals surface area contributed by atoms with Gasteiger partial charge in [-0.1, -0.05) is 21.7 Å². The molecule has 0 spiro atoms. The Morgan fingerprint density at radius 2 is 1.61 bits per heavy atom. The maximum atomic E-state index is 12.9. The molecule has 0 aliphatic carbocycles. The average Bonchev–Trinajstić information content (AvgIpc) is 2.45. The Kier molecular flexibility index (Phi) is 17.0. The second-order valence-corrected chi connectivity index (χ2v) is 9.87. The molecule has 0 heterocycles. The fourth-order valence-electron chi connectivity index (χ4n) is 1.04. The Balaban J connectivity index is 0. The van der Waals surface area contributed by atoms with E-state index in [1.807, 2.05) is 24.8 Å². The summed E-state index contributed by atoms with van der Waals surface area (Å²) in [5.74, 6) is -0.512. The number of thioether (sulfide) groups is 1. The standard InChI is InChI=1S/C7H6BrFS.C6H3BrF.C2H6S2.Li/c1-10-6-4-2-3-5(8)7(6)9;7-5-3-1-2-4-6(5)8;1-4(2)3;/h2-4H,1H3;1-3H;1-2H3;/q;-1;;+1. The Hall–Kier alpha value is 0.777. The van der Waals surface area contributed by atoms with Gasteiger partial charge in [0.1, 0.15) is 0 Å². The SMILES string of the molecule is CS(C)=S.CSc1cccc(Br)c1F.Fc1[c-]cccc1Br.[Li+]. The van der Waals surface area contributed by atoms with Gasteiger partial charge < -0.3 is 0 Å². The summed E-state index contributed by atoms with van der Waals surface area (Å²) in [7, 11) is 0.222. The van der Waals surface area contributed by atoms with Crippen LogP contribution in [-0.2, 0) is 20.6 Å². The van der Waals surface area contributed by atoms with E-state index in [1.54, 1.807) is 24.3 Å². The van der Waals surface area contributed by atoms with Crippen molar-refractivity contribution in [2.24, 2.45) is 0 Å². The number of benzene rings is 2. The molecule has 0 fully saturated rings. The largest absolute Gasteiger partial charge is 1.00 e. The van der Waals surface area contributed by atoms with Crippen LogP contribution in [-0.4, -0.2) is 18.8 Å². The molecule has 0 unspecified atom stereocenters. The van der Waals surface area contributed by atoms with E-state index in [0.717, 1.165) is 0 Å². The molecule has 0 atom stereocenters. The van der Waals surface area contributed by atoms with Crippen LogP contribution in [0.5, 0.6) is 0 Å². The summed E-state index contributed by atoms with van der Waals surface area (Å²) in [4.78, 5) is 0.675. The molecule has 8 heteroatoms. The summed E-state index contributed by atoms with van der Waals surface area (Å²) in [6.07, 6.45) is 5.87. The van der Waals surface area contributed by atoms with Crippen LogP contribution in [0.3, 0.4) is 0 Å². The molecule has 0 bridgehead atoms. The second kappa shape index (κ2) is 15.1. The minimum absolute atomic E-state index is 0. The number of halogens is 4. The maximum Gasteiger partial charge on any atom is 1.00 e. The van der Waals surface area contributed by atoms with Crippen LogP contribution in [0.25, 0.3) is 0 Å². The van der Waals surface area contributed by atoms with Gasteiger partial charge in [0, 0.05) is 10.7 Å². The van der Waals surface area contributed by atoms with E-state index in [1.165, 1.54) is 17.8 Å². The summed E-state index contributed by atoms with van der Waals surface area (Å²) in [5, 5.41) is 0. The molecule has 2 rings (SSSR count). The molecule has 0 nitrogen and oxygen atoms in total. The minimum atomic E-state index is -0.340.